The van der Waals surface area contributed by atoms with Gasteiger partial charge in [-0.25, -0.2) is 8.97 Å². The van der Waals surface area contributed by atoms with E-state index in [-0.39, 0.29) is 15.5 Å². The highest BCUT2D eigenvalue weighted by atomic mass is 32.2. The smallest absolute Gasteiger partial charge is 0.380 e. The van der Waals surface area contributed by atoms with Crippen molar-refractivity contribution in [2.24, 2.45) is 20.0 Å². The van der Waals surface area contributed by atoms with Gasteiger partial charge < -0.3 is 4.18 Å². The summed E-state index contributed by atoms with van der Waals surface area (Å²) in [5, 5.41) is 3.96. The Morgan fingerprint density at radius 1 is 0.554 bits per heavy atom. The van der Waals surface area contributed by atoms with Crippen LogP contribution in [0, 0.1) is 0 Å². The zero-order chi connectivity index (χ0) is 38.6. The quantitative estimate of drug-likeness (QED) is 0.132. The van der Waals surface area contributed by atoms with Crippen LogP contribution in [-0.2, 0) is 31.6 Å². The van der Waals surface area contributed by atoms with Crippen molar-refractivity contribution >= 4 is 106 Å². The molecule has 0 radical (unpaired) electrons. The van der Waals surface area contributed by atoms with E-state index in [0.717, 1.165) is 10.9 Å². The van der Waals surface area contributed by atoms with E-state index < -0.39 is 38.6 Å². The van der Waals surface area contributed by atoms with Gasteiger partial charge >= 0.3 is 18.3 Å². The molecule has 5 aliphatic heterocycles. The minimum absolute atomic E-state index is 0.188. The van der Waals surface area contributed by atoms with Gasteiger partial charge in [-0.3, -0.25) is 13.7 Å². The molecule has 0 aliphatic carbocycles. The summed E-state index contributed by atoms with van der Waals surface area (Å²) in [6, 6.07) is 24.9. The van der Waals surface area contributed by atoms with Crippen LogP contribution in [0.3, 0.4) is 0 Å². The van der Waals surface area contributed by atoms with Crippen molar-refractivity contribution in [1.29, 1.82) is 0 Å². The molecule has 0 fully saturated rings. The molecule has 272 valence electrons. The molecule has 0 aromatic heterocycles. The van der Waals surface area contributed by atoms with Crippen molar-refractivity contribution in [2.45, 2.75) is 16.6 Å². The largest absolute Gasteiger partial charge is 0.547 e. The fourth-order valence-electron chi connectivity index (χ4n) is 8.08. The zero-order valence-electron chi connectivity index (χ0n) is 28.4. The first kappa shape index (κ1) is 33.3. The number of hydrogen-bond acceptors (Lipinski definition) is 10. The number of hydrogen-bond donors (Lipinski definition) is 3. The minimum Gasteiger partial charge on any atom is -0.380 e. The Morgan fingerprint density at radius 3 is 1.55 bits per heavy atom. The molecule has 1 unspecified atom stereocenters. The van der Waals surface area contributed by atoms with Gasteiger partial charge in [0.05, 0.1) is 43.2 Å². The molecule has 6 aromatic rings. The van der Waals surface area contributed by atoms with E-state index in [1.165, 1.54) is 24.3 Å². The van der Waals surface area contributed by atoms with Gasteiger partial charge in [0.25, 0.3) is 43.6 Å². The highest BCUT2D eigenvalue weighted by Gasteiger charge is 2.53. The van der Waals surface area contributed by atoms with E-state index >= 15 is 0 Å². The van der Waals surface area contributed by atoms with Gasteiger partial charge in [-0.1, -0.05) is 33.2 Å². The minimum atomic E-state index is -4.49. The molecule has 0 saturated carbocycles. The Bertz CT molecular complexity index is 3450. The third-order valence-corrected chi connectivity index (χ3v) is 12.6. The molecular formula is C37H21BN6O9S3+2. The second-order valence-corrected chi connectivity index (χ2v) is 17.2. The molecule has 0 spiro atoms. The van der Waals surface area contributed by atoms with Gasteiger partial charge in [-0.15, -0.1) is 0 Å². The van der Waals surface area contributed by atoms with Crippen molar-refractivity contribution in [3.8, 4) is 5.75 Å². The van der Waals surface area contributed by atoms with Gasteiger partial charge in [0.1, 0.15) is 5.75 Å². The molecule has 6 aromatic carbocycles. The molecule has 0 saturated heterocycles. The zero-order valence-corrected chi connectivity index (χ0v) is 30.9. The van der Waals surface area contributed by atoms with E-state index in [2.05, 4.69) is 0 Å². The maximum absolute atomic E-state index is 12.1. The third-order valence-electron chi connectivity index (χ3n) is 10.6. The van der Waals surface area contributed by atoms with E-state index in [0.29, 0.717) is 89.8 Å². The van der Waals surface area contributed by atoms with Gasteiger partial charge in [-0.05, 0) is 112 Å². The first-order chi connectivity index (χ1) is 26.7. The molecule has 5 aliphatic rings. The molecule has 11 rings (SSSR count). The van der Waals surface area contributed by atoms with Crippen LogP contribution in [0.15, 0.2) is 121 Å². The van der Waals surface area contributed by atoms with Crippen LogP contribution in [0.1, 0.15) is 33.4 Å². The summed E-state index contributed by atoms with van der Waals surface area (Å²) < 4.78 is 97.9. The van der Waals surface area contributed by atoms with E-state index in [4.69, 9.17) is 24.2 Å². The van der Waals surface area contributed by atoms with Crippen molar-refractivity contribution in [3.63, 3.8) is 0 Å². The second-order valence-electron chi connectivity index (χ2n) is 13.7. The molecular weight excluding hydrogens is 779 g/mol. The summed E-state index contributed by atoms with van der Waals surface area (Å²) in [4.78, 5) is 20.1. The number of amidine groups is 6. The molecule has 1 atom stereocenters. The van der Waals surface area contributed by atoms with Crippen molar-refractivity contribution < 1.29 is 47.9 Å². The summed E-state index contributed by atoms with van der Waals surface area (Å²) in [5.41, 5.74) is 4.03. The topological polar surface area (TPSA) is 211 Å². The lowest BCUT2D eigenvalue weighted by Gasteiger charge is -2.16. The lowest BCUT2D eigenvalue weighted by molar-refractivity contribution is -0.394. The predicted molar refractivity (Wildman–Crippen MR) is 209 cm³/mol. The monoisotopic (exact) mass is 800 g/mol. The summed E-state index contributed by atoms with van der Waals surface area (Å²) in [5.74, 6) is 2.99. The Morgan fingerprint density at radius 2 is 1.00 bits per heavy atom. The molecule has 19 heteroatoms. The van der Waals surface area contributed by atoms with Crippen LogP contribution in [0.25, 0.3) is 32.3 Å². The van der Waals surface area contributed by atoms with E-state index in [1.54, 1.807) is 36.4 Å². The number of nitrogens with zero attached hydrogens (tertiary/aromatic N) is 6. The molecule has 0 amide bonds. The first-order valence-electron chi connectivity index (χ1n) is 16.9. The lowest BCUT2D eigenvalue weighted by Crippen LogP contribution is -2.50. The summed E-state index contributed by atoms with van der Waals surface area (Å²) in [6.07, 6.45) is 0. The Kier molecular flexibility index (Phi) is 6.55. The molecule has 3 N–H and O–H groups in total. The normalized spacial score (nSPS) is 17.1. The standard InChI is InChI=1S/C37H19BN6O9S3/c1-38-43-34-28-12-18-3-6-25(56(50,51)52)10-22(18)16-31(28)37(43)42-36-29-13-19-4-7-24(55(47,48)49)9-21(19)15-30(29)35(44(36)38)41-33-27-14-20-8-23(53-54(45)46)5-2-17(20)11-26(27)32(39-33)40-34/h2-16H,1H3,(H-2,45,46,47,48,49,50,51,52)/p+2. The van der Waals surface area contributed by atoms with Crippen LogP contribution in [0.2, 0.25) is 6.82 Å². The molecule has 5 heterocycles. The number of fused-ring (bicyclic) bond motifs is 13. The third kappa shape index (κ3) is 4.76. The Balaban J connectivity index is 1.23. The van der Waals surface area contributed by atoms with Crippen LogP contribution in [0.4, 0.5) is 0 Å². The Hall–Kier alpha value is -6.09. The lowest BCUT2D eigenvalue weighted by atomic mass is 9.76. The summed E-state index contributed by atoms with van der Waals surface area (Å²) >= 11 is -2.53. The molecule has 4 bridgehead atoms. The van der Waals surface area contributed by atoms with Crippen molar-refractivity contribution in [1.82, 2.24) is 0 Å². The van der Waals surface area contributed by atoms with Gasteiger partial charge in [0.2, 0.25) is 11.7 Å². The van der Waals surface area contributed by atoms with Crippen LogP contribution < -0.4 is 4.18 Å². The van der Waals surface area contributed by atoms with Crippen LogP contribution >= 0.6 is 0 Å². The van der Waals surface area contributed by atoms with Gasteiger partial charge in [0, 0.05) is 0 Å². The van der Waals surface area contributed by atoms with Crippen molar-refractivity contribution in [3.05, 3.63) is 124 Å². The Labute approximate surface area is 319 Å². The first-order valence-corrected chi connectivity index (χ1v) is 20.8. The molecule has 15 nitrogen and oxygen atoms in total. The maximum Gasteiger partial charge on any atom is 0.547 e. The van der Waals surface area contributed by atoms with Crippen molar-refractivity contribution in [2.75, 3.05) is 0 Å². The molecule has 56 heavy (non-hydrogen) atoms. The predicted octanol–water partition coefficient (Wildman–Crippen LogP) is 4.25. The average molecular weight is 801 g/mol. The SMILES string of the molecule is CB1[N+]2=C3N=C4N=C(N=C5c6cc7ccc(S(=O)(=O)O)cc7cc6C(=[N+]15)N=C2c1cc2ccc(S(=O)(=O)O)cc2cc13)c1cc2ccc(OS(=O)O)cc2cc14. The number of aliphatic imine (C=N–C) groups is 4. The van der Waals surface area contributed by atoms with Crippen LogP contribution in [0.5, 0.6) is 5.75 Å². The van der Waals surface area contributed by atoms with Gasteiger partial charge in [-0.2, -0.15) is 26.0 Å². The highest BCUT2D eigenvalue weighted by molar-refractivity contribution is 7.86. The van der Waals surface area contributed by atoms with E-state index in [9.17, 15) is 34.7 Å². The average Bonchev–Trinajstić information content (AvgIpc) is 3.74. The summed E-state index contributed by atoms with van der Waals surface area (Å²) in [7, 11) is -8.97. The van der Waals surface area contributed by atoms with Gasteiger partial charge in [0.15, 0.2) is 0 Å². The number of benzene rings is 6. The summed E-state index contributed by atoms with van der Waals surface area (Å²) in [6.45, 7) is 1.50. The highest BCUT2D eigenvalue weighted by Crippen LogP contribution is 2.37. The fourth-order valence-corrected chi connectivity index (χ4v) is 9.38. The number of rotatable bonds is 4. The fraction of sp³-hybridized carbons (Fsp3) is 0.0270. The second kappa shape index (κ2) is 11.0. The van der Waals surface area contributed by atoms with Crippen LogP contribution in [-0.4, -0.2) is 85.7 Å². The maximum atomic E-state index is 12.1. The van der Waals surface area contributed by atoms with E-state index in [1.807, 2.05) is 46.1 Å².